The van der Waals surface area contributed by atoms with Crippen molar-refractivity contribution < 1.29 is 18.3 Å². The highest BCUT2D eigenvalue weighted by Crippen LogP contribution is 2.14. The molecule has 0 saturated carbocycles. The number of nitrogens with zero attached hydrogens (tertiary/aromatic N) is 3. The minimum absolute atomic E-state index is 0.0451. The number of piperazine rings is 1. The van der Waals surface area contributed by atoms with Gasteiger partial charge in [0.25, 0.3) is 10.0 Å². The van der Waals surface area contributed by atoms with Crippen LogP contribution < -0.4 is 4.83 Å². The SMILES string of the molecule is CN1CCN(NS(=O)(=O)c2cc(C(=O)O)n(C)c2)CC1. The number of hydrogen-bond donors (Lipinski definition) is 2. The van der Waals surface area contributed by atoms with Crippen molar-refractivity contribution in [2.24, 2.45) is 7.05 Å². The van der Waals surface area contributed by atoms with Gasteiger partial charge in [-0.3, -0.25) is 0 Å². The molecule has 0 radical (unpaired) electrons. The molecule has 8 nitrogen and oxygen atoms in total. The van der Waals surface area contributed by atoms with Crippen molar-refractivity contribution in [3.63, 3.8) is 0 Å². The van der Waals surface area contributed by atoms with Crippen molar-refractivity contribution in [1.29, 1.82) is 0 Å². The fourth-order valence-corrected chi connectivity index (χ4v) is 3.21. The van der Waals surface area contributed by atoms with Crippen LogP contribution in [0.1, 0.15) is 10.5 Å². The highest BCUT2D eigenvalue weighted by Gasteiger charge is 2.24. The lowest BCUT2D eigenvalue weighted by Crippen LogP contribution is -2.52. The van der Waals surface area contributed by atoms with Gasteiger partial charge in [0.2, 0.25) is 0 Å². The van der Waals surface area contributed by atoms with E-state index in [1.807, 2.05) is 7.05 Å². The van der Waals surface area contributed by atoms with Crippen LogP contribution in [0.25, 0.3) is 0 Å². The predicted molar refractivity (Wildman–Crippen MR) is 71.8 cm³/mol. The smallest absolute Gasteiger partial charge is 0.352 e. The summed E-state index contributed by atoms with van der Waals surface area (Å²) in [5.74, 6) is -1.16. The van der Waals surface area contributed by atoms with Crippen molar-refractivity contribution >= 4 is 16.0 Å². The van der Waals surface area contributed by atoms with E-state index < -0.39 is 16.0 Å². The Kier molecular flexibility index (Phi) is 4.14. The van der Waals surface area contributed by atoms with Gasteiger partial charge in [0.1, 0.15) is 10.6 Å². The number of aromatic nitrogens is 1. The van der Waals surface area contributed by atoms with Crippen molar-refractivity contribution in [2.75, 3.05) is 33.2 Å². The summed E-state index contributed by atoms with van der Waals surface area (Å²) >= 11 is 0. The van der Waals surface area contributed by atoms with Crippen LogP contribution in [-0.2, 0) is 17.1 Å². The molecule has 2 N–H and O–H groups in total. The molecule has 0 aliphatic carbocycles. The van der Waals surface area contributed by atoms with Gasteiger partial charge >= 0.3 is 5.97 Å². The van der Waals surface area contributed by atoms with Crippen molar-refractivity contribution in [3.05, 3.63) is 18.0 Å². The number of carboxylic acid groups (broad SMARTS) is 1. The van der Waals surface area contributed by atoms with Gasteiger partial charge in [0.15, 0.2) is 0 Å². The van der Waals surface area contributed by atoms with Gasteiger partial charge in [0, 0.05) is 39.4 Å². The second-order valence-corrected chi connectivity index (χ2v) is 6.52. The summed E-state index contributed by atoms with van der Waals surface area (Å²) in [6.45, 7) is 2.73. The van der Waals surface area contributed by atoms with E-state index in [1.54, 1.807) is 5.01 Å². The third kappa shape index (κ3) is 3.18. The molecule has 1 aromatic heterocycles. The van der Waals surface area contributed by atoms with E-state index in [2.05, 4.69) is 9.73 Å². The zero-order valence-electron chi connectivity index (χ0n) is 11.4. The molecule has 2 rings (SSSR count). The molecule has 0 unspecified atom stereocenters. The van der Waals surface area contributed by atoms with Crippen molar-refractivity contribution in [3.8, 4) is 0 Å². The molecule has 0 bridgehead atoms. The summed E-state index contributed by atoms with van der Waals surface area (Å²) in [5.41, 5.74) is -0.0660. The van der Waals surface area contributed by atoms with Crippen molar-refractivity contribution in [2.45, 2.75) is 4.90 Å². The van der Waals surface area contributed by atoms with E-state index in [-0.39, 0.29) is 10.6 Å². The molecule has 1 fully saturated rings. The Morgan fingerprint density at radius 2 is 1.85 bits per heavy atom. The fourth-order valence-electron chi connectivity index (χ4n) is 2.01. The lowest BCUT2D eigenvalue weighted by molar-refractivity contribution is 0.0686. The topological polar surface area (TPSA) is 94.9 Å². The number of hydrazine groups is 1. The van der Waals surface area contributed by atoms with E-state index >= 15 is 0 Å². The number of aryl methyl sites for hydroxylation is 1. The Morgan fingerprint density at radius 3 is 2.35 bits per heavy atom. The summed E-state index contributed by atoms with van der Waals surface area (Å²) in [6.07, 6.45) is 1.29. The number of rotatable bonds is 4. The largest absolute Gasteiger partial charge is 0.477 e. The van der Waals surface area contributed by atoms with Crippen LogP contribution in [-0.4, -0.2) is 67.2 Å². The van der Waals surface area contributed by atoms with E-state index in [0.29, 0.717) is 13.1 Å². The second-order valence-electron chi connectivity index (χ2n) is 4.86. The Morgan fingerprint density at radius 1 is 1.25 bits per heavy atom. The van der Waals surface area contributed by atoms with Crippen LogP contribution in [0.15, 0.2) is 17.2 Å². The first-order valence-electron chi connectivity index (χ1n) is 6.15. The molecule has 9 heteroatoms. The standard InChI is InChI=1S/C11H18N4O4S/c1-13-3-5-15(6-4-13)12-20(18,19)9-7-10(11(16)17)14(2)8-9/h7-8,12H,3-6H2,1-2H3,(H,16,17). The molecule has 0 amide bonds. The van der Waals surface area contributed by atoms with E-state index in [0.717, 1.165) is 19.2 Å². The molecule has 0 spiro atoms. The van der Waals surface area contributed by atoms with Gasteiger partial charge in [-0.1, -0.05) is 0 Å². The molecule has 0 aromatic carbocycles. The van der Waals surface area contributed by atoms with Gasteiger partial charge < -0.3 is 14.6 Å². The highest BCUT2D eigenvalue weighted by molar-refractivity contribution is 7.89. The molecule has 0 atom stereocenters. The molecule has 1 aromatic rings. The van der Waals surface area contributed by atoms with Crippen LogP contribution >= 0.6 is 0 Å². The Hall–Kier alpha value is -1.42. The summed E-state index contributed by atoms with van der Waals surface area (Å²) in [5, 5.41) is 10.6. The third-order valence-electron chi connectivity index (χ3n) is 3.26. The third-order valence-corrected chi connectivity index (χ3v) is 4.60. The number of nitrogens with one attached hydrogen (secondary N) is 1. The van der Waals surface area contributed by atoms with Crippen LogP contribution in [0.3, 0.4) is 0 Å². The summed E-state index contributed by atoms with van der Waals surface area (Å²) in [7, 11) is -0.267. The van der Waals surface area contributed by atoms with Crippen LogP contribution in [0.5, 0.6) is 0 Å². The molecule has 112 valence electrons. The maximum Gasteiger partial charge on any atom is 0.352 e. The number of carbonyl (C=O) groups is 1. The number of aromatic carboxylic acids is 1. The first-order chi connectivity index (χ1) is 9.29. The van der Waals surface area contributed by atoms with Gasteiger partial charge in [0.05, 0.1) is 0 Å². The monoisotopic (exact) mass is 302 g/mol. The average molecular weight is 302 g/mol. The summed E-state index contributed by atoms with van der Waals surface area (Å²) < 4.78 is 25.7. The van der Waals surface area contributed by atoms with E-state index in [1.165, 1.54) is 17.8 Å². The van der Waals surface area contributed by atoms with Gasteiger partial charge in [-0.25, -0.2) is 18.2 Å². The number of carboxylic acids is 1. The number of likely N-dealkylation sites (N-methyl/N-ethyl adjacent to an activating group) is 1. The van der Waals surface area contributed by atoms with Gasteiger partial charge in [-0.05, 0) is 13.1 Å². The first kappa shape index (κ1) is 15.0. The molecule has 1 saturated heterocycles. The molecular formula is C11H18N4O4S. The van der Waals surface area contributed by atoms with E-state index in [4.69, 9.17) is 5.11 Å². The summed E-state index contributed by atoms with van der Waals surface area (Å²) in [4.78, 5) is 15.5. The average Bonchev–Trinajstić information content (AvgIpc) is 2.75. The Bertz CT molecular complexity index is 602. The Balaban J connectivity index is 2.14. The zero-order chi connectivity index (χ0) is 14.9. The van der Waals surface area contributed by atoms with Gasteiger partial charge in [-0.15, -0.1) is 4.83 Å². The predicted octanol–water partition coefficient (Wildman–Crippen LogP) is -0.836. The maximum atomic E-state index is 12.2. The molecule has 2 heterocycles. The minimum Gasteiger partial charge on any atom is -0.477 e. The van der Waals surface area contributed by atoms with Crippen molar-refractivity contribution in [1.82, 2.24) is 19.3 Å². The molecular weight excluding hydrogens is 284 g/mol. The lowest BCUT2D eigenvalue weighted by Gasteiger charge is -2.31. The van der Waals surface area contributed by atoms with E-state index in [9.17, 15) is 13.2 Å². The molecule has 1 aliphatic rings. The highest BCUT2D eigenvalue weighted by atomic mass is 32.2. The number of hydrogen-bond acceptors (Lipinski definition) is 5. The maximum absolute atomic E-state index is 12.2. The Labute approximate surface area is 117 Å². The van der Waals surface area contributed by atoms with Crippen LogP contribution in [0, 0.1) is 0 Å². The molecule has 20 heavy (non-hydrogen) atoms. The molecule has 1 aliphatic heterocycles. The quantitative estimate of drug-likeness (QED) is 0.753. The van der Waals surface area contributed by atoms with Crippen LogP contribution in [0.4, 0.5) is 0 Å². The zero-order valence-corrected chi connectivity index (χ0v) is 12.2. The number of sulfonamides is 1. The second kappa shape index (κ2) is 5.52. The fraction of sp³-hybridized carbons (Fsp3) is 0.545. The first-order valence-corrected chi connectivity index (χ1v) is 7.63. The van der Waals surface area contributed by atoms with Crippen LogP contribution in [0.2, 0.25) is 0 Å². The summed E-state index contributed by atoms with van der Waals surface area (Å²) in [6, 6.07) is 1.15. The lowest BCUT2D eigenvalue weighted by atomic mass is 10.4. The van der Waals surface area contributed by atoms with Gasteiger partial charge in [-0.2, -0.15) is 0 Å². The minimum atomic E-state index is -3.74. The normalized spacial score (nSPS) is 18.3.